The van der Waals surface area contributed by atoms with Gasteiger partial charge in [-0.3, -0.25) is 10.1 Å². The Kier molecular flexibility index (Phi) is 3.27. The fourth-order valence-corrected chi connectivity index (χ4v) is 2.86. The first kappa shape index (κ1) is 12.6. The fourth-order valence-electron chi connectivity index (χ4n) is 2.06. The van der Waals surface area contributed by atoms with Crippen LogP contribution >= 0.6 is 11.3 Å². The second-order valence-corrected chi connectivity index (χ2v) is 6.62. The van der Waals surface area contributed by atoms with Crippen LogP contribution in [0.25, 0.3) is 0 Å². The van der Waals surface area contributed by atoms with E-state index in [1.807, 2.05) is 11.0 Å². The van der Waals surface area contributed by atoms with Gasteiger partial charge in [0.15, 0.2) is 0 Å². The SMILES string of the molecule is CC(N1C(=O)CNC1c1cccs1)C(C)(C)C. The predicted octanol–water partition coefficient (Wildman–Crippen LogP) is 2.61. The van der Waals surface area contributed by atoms with E-state index >= 15 is 0 Å². The average molecular weight is 252 g/mol. The summed E-state index contributed by atoms with van der Waals surface area (Å²) in [4.78, 5) is 15.2. The van der Waals surface area contributed by atoms with Crippen LogP contribution in [-0.4, -0.2) is 23.4 Å². The molecule has 1 saturated heterocycles. The lowest BCUT2D eigenvalue weighted by atomic mass is 9.86. The first-order chi connectivity index (χ1) is 7.91. The molecule has 4 heteroatoms. The van der Waals surface area contributed by atoms with Crippen LogP contribution in [0.3, 0.4) is 0 Å². The Hall–Kier alpha value is -0.870. The zero-order valence-electron chi connectivity index (χ0n) is 10.9. The molecule has 2 rings (SSSR count). The normalized spacial score (nSPS) is 23.2. The molecule has 1 fully saturated rings. The van der Waals surface area contributed by atoms with E-state index in [-0.39, 0.29) is 23.5 Å². The van der Waals surface area contributed by atoms with E-state index in [1.54, 1.807) is 11.3 Å². The van der Waals surface area contributed by atoms with Crippen LogP contribution in [0.1, 0.15) is 38.7 Å². The van der Waals surface area contributed by atoms with Crippen LogP contribution in [0.5, 0.6) is 0 Å². The van der Waals surface area contributed by atoms with Crippen molar-refractivity contribution in [1.82, 2.24) is 10.2 Å². The summed E-state index contributed by atoms with van der Waals surface area (Å²) in [6, 6.07) is 4.34. The van der Waals surface area contributed by atoms with Gasteiger partial charge in [-0.25, -0.2) is 0 Å². The molecule has 0 spiro atoms. The topological polar surface area (TPSA) is 32.3 Å². The highest BCUT2D eigenvalue weighted by atomic mass is 32.1. The Morgan fingerprint density at radius 1 is 1.53 bits per heavy atom. The number of rotatable bonds is 2. The summed E-state index contributed by atoms with van der Waals surface area (Å²) in [7, 11) is 0. The summed E-state index contributed by atoms with van der Waals surface area (Å²) in [5.74, 6) is 0.200. The highest BCUT2D eigenvalue weighted by Gasteiger charge is 2.39. The molecule has 0 aromatic carbocycles. The molecule has 3 nitrogen and oxygen atoms in total. The van der Waals surface area contributed by atoms with Crippen LogP contribution in [0.4, 0.5) is 0 Å². The third-order valence-electron chi connectivity index (χ3n) is 3.50. The number of hydrogen-bond donors (Lipinski definition) is 1. The van der Waals surface area contributed by atoms with Crippen molar-refractivity contribution in [2.75, 3.05) is 6.54 Å². The number of hydrogen-bond acceptors (Lipinski definition) is 3. The standard InChI is InChI=1S/C13H20N2OS/c1-9(13(2,3)4)15-11(16)8-14-12(15)10-6-5-7-17-10/h5-7,9,12,14H,8H2,1-4H3. The second-order valence-electron chi connectivity index (χ2n) is 5.64. The van der Waals surface area contributed by atoms with Crippen molar-refractivity contribution in [3.8, 4) is 0 Å². The lowest BCUT2D eigenvalue weighted by molar-refractivity contribution is -0.132. The molecule has 2 heterocycles. The molecule has 2 atom stereocenters. The van der Waals surface area contributed by atoms with Gasteiger partial charge in [0.2, 0.25) is 5.91 Å². The zero-order valence-corrected chi connectivity index (χ0v) is 11.7. The van der Waals surface area contributed by atoms with Crippen LogP contribution < -0.4 is 5.32 Å². The number of carbonyl (C=O) groups excluding carboxylic acids is 1. The van der Waals surface area contributed by atoms with E-state index in [0.717, 1.165) is 0 Å². The molecule has 1 aromatic rings. The number of amides is 1. The van der Waals surface area contributed by atoms with Crippen molar-refractivity contribution in [2.45, 2.75) is 39.9 Å². The lowest BCUT2D eigenvalue weighted by Crippen LogP contribution is -2.44. The monoisotopic (exact) mass is 252 g/mol. The molecule has 94 valence electrons. The van der Waals surface area contributed by atoms with Gasteiger partial charge in [0, 0.05) is 10.9 Å². The molecule has 2 unspecified atom stereocenters. The van der Waals surface area contributed by atoms with Crippen LogP contribution in [-0.2, 0) is 4.79 Å². The molecule has 1 aliphatic rings. The molecule has 0 radical (unpaired) electrons. The molecule has 1 aliphatic heterocycles. The van der Waals surface area contributed by atoms with Gasteiger partial charge in [-0.1, -0.05) is 26.8 Å². The molecule has 0 bridgehead atoms. The zero-order chi connectivity index (χ0) is 12.6. The maximum absolute atomic E-state index is 12.0. The molecule has 0 saturated carbocycles. The number of nitrogens with zero attached hydrogens (tertiary/aromatic N) is 1. The molecular weight excluding hydrogens is 232 g/mol. The quantitative estimate of drug-likeness (QED) is 0.877. The summed E-state index contributed by atoms with van der Waals surface area (Å²) in [5, 5.41) is 5.35. The summed E-state index contributed by atoms with van der Waals surface area (Å²) in [6.45, 7) is 9.10. The van der Waals surface area contributed by atoms with Crippen LogP contribution in [0.2, 0.25) is 0 Å². The summed E-state index contributed by atoms with van der Waals surface area (Å²) in [5.41, 5.74) is 0.0944. The Bertz CT molecular complexity index is 394. The van der Waals surface area contributed by atoms with Crippen molar-refractivity contribution in [3.05, 3.63) is 22.4 Å². The van der Waals surface area contributed by atoms with E-state index in [9.17, 15) is 4.79 Å². The summed E-state index contributed by atoms with van der Waals surface area (Å²) < 4.78 is 0. The Balaban J connectivity index is 2.26. The van der Waals surface area contributed by atoms with Gasteiger partial charge in [-0.15, -0.1) is 11.3 Å². The van der Waals surface area contributed by atoms with Crippen molar-refractivity contribution < 1.29 is 4.79 Å². The van der Waals surface area contributed by atoms with Gasteiger partial charge in [-0.2, -0.15) is 0 Å². The smallest absolute Gasteiger partial charge is 0.238 e. The van der Waals surface area contributed by atoms with Gasteiger partial charge in [-0.05, 0) is 23.8 Å². The highest BCUT2D eigenvalue weighted by molar-refractivity contribution is 7.10. The third-order valence-corrected chi connectivity index (χ3v) is 4.42. The molecular formula is C13H20N2OS. The molecule has 1 N–H and O–H groups in total. The minimum Gasteiger partial charge on any atom is -0.318 e. The minimum absolute atomic E-state index is 0.0525. The first-order valence-corrected chi connectivity index (χ1v) is 6.87. The average Bonchev–Trinajstić information content (AvgIpc) is 2.83. The van der Waals surface area contributed by atoms with Crippen molar-refractivity contribution in [2.24, 2.45) is 5.41 Å². The van der Waals surface area contributed by atoms with Gasteiger partial charge < -0.3 is 4.90 Å². The predicted molar refractivity (Wildman–Crippen MR) is 70.8 cm³/mol. The van der Waals surface area contributed by atoms with E-state index in [1.165, 1.54) is 4.88 Å². The lowest BCUT2D eigenvalue weighted by Gasteiger charge is -2.38. The maximum Gasteiger partial charge on any atom is 0.238 e. The maximum atomic E-state index is 12.0. The van der Waals surface area contributed by atoms with Gasteiger partial charge in [0.1, 0.15) is 6.17 Å². The van der Waals surface area contributed by atoms with E-state index < -0.39 is 0 Å². The number of nitrogens with one attached hydrogen (secondary N) is 1. The largest absolute Gasteiger partial charge is 0.318 e. The Morgan fingerprint density at radius 2 is 2.24 bits per heavy atom. The minimum atomic E-state index is 0.0525. The summed E-state index contributed by atoms with van der Waals surface area (Å²) in [6.07, 6.45) is 0.0525. The Morgan fingerprint density at radius 3 is 2.76 bits per heavy atom. The molecule has 0 aliphatic carbocycles. The van der Waals surface area contributed by atoms with E-state index in [0.29, 0.717) is 6.54 Å². The number of thiophene rings is 1. The molecule has 17 heavy (non-hydrogen) atoms. The number of carbonyl (C=O) groups is 1. The summed E-state index contributed by atoms with van der Waals surface area (Å²) >= 11 is 1.70. The van der Waals surface area contributed by atoms with Gasteiger partial charge in [0.05, 0.1) is 6.54 Å². The van der Waals surface area contributed by atoms with Crippen LogP contribution in [0.15, 0.2) is 17.5 Å². The van der Waals surface area contributed by atoms with Gasteiger partial charge in [0.25, 0.3) is 0 Å². The van der Waals surface area contributed by atoms with Crippen LogP contribution in [0, 0.1) is 5.41 Å². The van der Waals surface area contributed by atoms with Crippen molar-refractivity contribution >= 4 is 17.2 Å². The van der Waals surface area contributed by atoms with Crippen molar-refractivity contribution in [1.29, 1.82) is 0 Å². The highest BCUT2D eigenvalue weighted by Crippen LogP contribution is 2.34. The van der Waals surface area contributed by atoms with E-state index in [4.69, 9.17) is 0 Å². The van der Waals surface area contributed by atoms with E-state index in [2.05, 4.69) is 44.5 Å². The third kappa shape index (κ3) is 2.38. The van der Waals surface area contributed by atoms with Gasteiger partial charge >= 0.3 is 0 Å². The first-order valence-electron chi connectivity index (χ1n) is 5.99. The Labute approximate surface area is 107 Å². The van der Waals surface area contributed by atoms with Crippen molar-refractivity contribution in [3.63, 3.8) is 0 Å². The molecule has 1 amide bonds. The molecule has 1 aromatic heterocycles. The fraction of sp³-hybridized carbons (Fsp3) is 0.615. The second kappa shape index (κ2) is 4.42.